The number of hydrogen-bond acceptors (Lipinski definition) is 2. The predicted molar refractivity (Wildman–Crippen MR) is 49.3 cm³/mol. The average Bonchev–Trinajstić information content (AvgIpc) is 2.02. The zero-order valence-electron chi connectivity index (χ0n) is 8.28. The van der Waals surface area contributed by atoms with Crippen molar-refractivity contribution in [1.82, 2.24) is 10.6 Å². The van der Waals surface area contributed by atoms with Crippen LogP contribution < -0.4 is 10.6 Å². The molecule has 82 valence electrons. The molecule has 1 rings (SSSR count). The van der Waals surface area contributed by atoms with E-state index in [2.05, 4.69) is 10.6 Å². The van der Waals surface area contributed by atoms with Crippen molar-refractivity contribution >= 4 is 5.91 Å². The zero-order chi connectivity index (χ0) is 10.6. The number of carbonyl (C=O) groups excluding carboxylic acids is 1. The van der Waals surface area contributed by atoms with Crippen molar-refractivity contribution < 1.29 is 13.6 Å². The van der Waals surface area contributed by atoms with E-state index in [-0.39, 0.29) is 6.04 Å². The van der Waals surface area contributed by atoms with Crippen molar-refractivity contribution in [3.63, 3.8) is 0 Å². The maximum absolute atomic E-state index is 12.5. The van der Waals surface area contributed by atoms with Gasteiger partial charge in [0.05, 0.1) is 6.42 Å². The predicted octanol–water partition coefficient (Wildman–Crippen LogP) is 0.900. The highest BCUT2D eigenvalue weighted by Gasteiger charge is 2.26. The number of rotatable bonds is 3. The van der Waals surface area contributed by atoms with Crippen molar-refractivity contribution in [2.45, 2.75) is 38.2 Å². The Morgan fingerprint density at radius 2 is 2.36 bits per heavy atom. The largest absolute Gasteiger partial charge is 0.352 e. The van der Waals surface area contributed by atoms with Crippen LogP contribution in [0.25, 0.3) is 0 Å². The molecule has 1 amide bonds. The van der Waals surface area contributed by atoms with Gasteiger partial charge >= 0.3 is 0 Å². The molecule has 5 heteroatoms. The van der Waals surface area contributed by atoms with Crippen LogP contribution in [-0.4, -0.2) is 31.0 Å². The Balaban J connectivity index is 2.25. The average molecular weight is 206 g/mol. The fourth-order valence-corrected chi connectivity index (χ4v) is 1.54. The first-order chi connectivity index (χ1) is 6.47. The molecule has 0 saturated carbocycles. The highest BCUT2D eigenvalue weighted by atomic mass is 19.3. The third-order valence-electron chi connectivity index (χ3n) is 2.13. The van der Waals surface area contributed by atoms with Gasteiger partial charge in [0, 0.05) is 12.6 Å². The minimum atomic E-state index is -2.91. The lowest BCUT2D eigenvalue weighted by Gasteiger charge is -2.24. The third-order valence-corrected chi connectivity index (χ3v) is 2.13. The van der Waals surface area contributed by atoms with Gasteiger partial charge < -0.3 is 10.6 Å². The second-order valence-corrected chi connectivity index (χ2v) is 3.86. The summed E-state index contributed by atoms with van der Waals surface area (Å²) in [7, 11) is 0. The maximum atomic E-state index is 12.5. The fraction of sp³-hybridized carbons (Fsp3) is 0.889. The van der Waals surface area contributed by atoms with Crippen molar-refractivity contribution in [2.75, 3.05) is 13.1 Å². The fourth-order valence-electron chi connectivity index (χ4n) is 1.54. The van der Waals surface area contributed by atoms with Gasteiger partial charge in [-0.15, -0.1) is 0 Å². The molecule has 0 aliphatic carbocycles. The molecular weight excluding hydrogens is 190 g/mol. The summed E-state index contributed by atoms with van der Waals surface area (Å²) < 4.78 is 24.9. The van der Waals surface area contributed by atoms with E-state index in [1.165, 1.54) is 0 Å². The maximum Gasteiger partial charge on any atom is 0.254 e. The Hall–Kier alpha value is -0.710. The first-order valence-corrected chi connectivity index (χ1v) is 4.85. The van der Waals surface area contributed by atoms with Crippen LogP contribution in [0.1, 0.15) is 26.2 Å². The first kappa shape index (κ1) is 11.4. The normalized spacial score (nSPS) is 23.2. The number of piperidine rings is 1. The molecule has 1 heterocycles. The van der Waals surface area contributed by atoms with Gasteiger partial charge in [-0.05, 0) is 26.3 Å². The second-order valence-electron chi connectivity index (χ2n) is 3.86. The summed E-state index contributed by atoms with van der Waals surface area (Å²) in [4.78, 5) is 11.1. The number of carbonyl (C=O) groups is 1. The van der Waals surface area contributed by atoms with Crippen LogP contribution in [0.2, 0.25) is 0 Å². The number of halogens is 2. The van der Waals surface area contributed by atoms with Crippen LogP contribution in [0, 0.1) is 0 Å². The van der Waals surface area contributed by atoms with Crippen LogP contribution >= 0.6 is 0 Å². The van der Waals surface area contributed by atoms with E-state index < -0.39 is 18.3 Å². The van der Waals surface area contributed by atoms with Gasteiger partial charge in [0.25, 0.3) is 5.92 Å². The molecule has 1 aliphatic rings. The highest BCUT2D eigenvalue weighted by Crippen LogP contribution is 2.16. The van der Waals surface area contributed by atoms with E-state index in [0.717, 1.165) is 26.3 Å². The van der Waals surface area contributed by atoms with Crippen molar-refractivity contribution in [3.05, 3.63) is 0 Å². The van der Waals surface area contributed by atoms with Gasteiger partial charge in [-0.1, -0.05) is 0 Å². The molecule has 1 fully saturated rings. The van der Waals surface area contributed by atoms with Gasteiger partial charge in [-0.25, -0.2) is 8.78 Å². The Morgan fingerprint density at radius 3 is 2.86 bits per heavy atom. The number of hydrogen-bond donors (Lipinski definition) is 2. The lowest BCUT2D eigenvalue weighted by Crippen LogP contribution is -2.46. The molecular formula is C9H16F2N2O. The summed E-state index contributed by atoms with van der Waals surface area (Å²) in [5.74, 6) is -3.47. The smallest absolute Gasteiger partial charge is 0.254 e. The van der Waals surface area contributed by atoms with Gasteiger partial charge in [0.1, 0.15) is 0 Å². The third kappa shape index (κ3) is 4.50. The molecule has 1 atom stereocenters. The lowest BCUT2D eigenvalue weighted by molar-refractivity contribution is -0.128. The molecule has 0 unspecified atom stereocenters. The van der Waals surface area contributed by atoms with Crippen LogP contribution in [-0.2, 0) is 4.79 Å². The summed E-state index contributed by atoms with van der Waals surface area (Å²) in [6.07, 6.45) is 1.13. The molecule has 1 saturated heterocycles. The Bertz CT molecular complexity index is 197. The van der Waals surface area contributed by atoms with Crippen molar-refractivity contribution in [3.8, 4) is 0 Å². The topological polar surface area (TPSA) is 41.1 Å². The number of amides is 1. The van der Waals surface area contributed by atoms with Crippen molar-refractivity contribution in [2.24, 2.45) is 0 Å². The quantitative estimate of drug-likeness (QED) is 0.720. The number of alkyl halides is 2. The van der Waals surface area contributed by atoms with Crippen LogP contribution in [0.4, 0.5) is 8.78 Å². The Kier molecular flexibility index (Phi) is 3.80. The van der Waals surface area contributed by atoms with Gasteiger partial charge in [-0.2, -0.15) is 0 Å². The summed E-state index contributed by atoms with van der Waals surface area (Å²) >= 11 is 0. The van der Waals surface area contributed by atoms with E-state index in [4.69, 9.17) is 0 Å². The molecule has 14 heavy (non-hydrogen) atoms. The van der Waals surface area contributed by atoms with Crippen LogP contribution in [0.15, 0.2) is 0 Å². The summed E-state index contributed by atoms with van der Waals surface area (Å²) in [5.41, 5.74) is 0. The molecule has 2 N–H and O–H groups in total. The first-order valence-electron chi connectivity index (χ1n) is 4.85. The minimum Gasteiger partial charge on any atom is -0.352 e. The van der Waals surface area contributed by atoms with E-state index in [0.29, 0.717) is 6.54 Å². The van der Waals surface area contributed by atoms with E-state index in [1.54, 1.807) is 0 Å². The Morgan fingerprint density at radius 1 is 1.64 bits per heavy atom. The van der Waals surface area contributed by atoms with Gasteiger partial charge in [-0.3, -0.25) is 4.79 Å². The Labute approximate surface area is 82.2 Å². The van der Waals surface area contributed by atoms with Crippen LogP contribution in [0.3, 0.4) is 0 Å². The molecule has 3 nitrogen and oxygen atoms in total. The molecule has 0 aromatic heterocycles. The van der Waals surface area contributed by atoms with E-state index in [9.17, 15) is 13.6 Å². The lowest BCUT2D eigenvalue weighted by atomic mass is 10.1. The SMILES string of the molecule is CC(F)(F)CC(=O)N[C@@H]1CCCNC1. The summed E-state index contributed by atoms with van der Waals surface area (Å²) in [5, 5.41) is 5.69. The van der Waals surface area contributed by atoms with E-state index >= 15 is 0 Å². The van der Waals surface area contributed by atoms with Gasteiger partial charge in [0.2, 0.25) is 5.91 Å². The monoisotopic (exact) mass is 206 g/mol. The minimum absolute atomic E-state index is 0.0126. The molecule has 1 aliphatic heterocycles. The summed E-state index contributed by atoms with van der Waals surface area (Å²) in [6.45, 7) is 2.38. The molecule has 0 aromatic carbocycles. The van der Waals surface area contributed by atoms with E-state index in [1.807, 2.05) is 0 Å². The van der Waals surface area contributed by atoms with Crippen molar-refractivity contribution in [1.29, 1.82) is 0 Å². The second kappa shape index (κ2) is 4.68. The highest BCUT2D eigenvalue weighted by molar-refractivity contribution is 5.77. The molecule has 0 radical (unpaired) electrons. The van der Waals surface area contributed by atoms with Gasteiger partial charge in [0.15, 0.2) is 0 Å². The van der Waals surface area contributed by atoms with Crippen LogP contribution in [0.5, 0.6) is 0 Å². The molecule has 0 aromatic rings. The molecule has 0 spiro atoms. The standard InChI is InChI=1S/C9H16F2N2O/c1-9(10,11)5-8(14)13-7-3-2-4-12-6-7/h7,12H,2-6H2,1H3,(H,13,14)/t7-/m1/s1. The summed E-state index contributed by atoms with van der Waals surface area (Å²) in [6, 6.07) is 0.0126. The molecule has 0 bridgehead atoms. The number of nitrogens with one attached hydrogen (secondary N) is 2. The zero-order valence-corrected chi connectivity index (χ0v) is 8.28.